The zero-order chi connectivity index (χ0) is 26.9. The van der Waals surface area contributed by atoms with Crippen molar-refractivity contribution >= 4 is 17.0 Å². The van der Waals surface area contributed by atoms with Gasteiger partial charge in [0.15, 0.2) is 0 Å². The van der Waals surface area contributed by atoms with Crippen LogP contribution in [0.4, 0.5) is 4.79 Å². The number of nitrogens with one attached hydrogen (secondary N) is 1. The molecular formula is C30H43ClN2O5. The lowest BCUT2D eigenvalue weighted by Crippen LogP contribution is -2.62. The zero-order valence-corrected chi connectivity index (χ0v) is 23.8. The van der Waals surface area contributed by atoms with Gasteiger partial charge in [-0.1, -0.05) is 13.8 Å². The molecule has 7 nitrogen and oxygen atoms in total. The summed E-state index contributed by atoms with van der Waals surface area (Å²) < 4.78 is 11.4. The van der Waals surface area contributed by atoms with Crippen molar-refractivity contribution in [3.63, 3.8) is 0 Å². The quantitative estimate of drug-likeness (QED) is 0.400. The van der Waals surface area contributed by atoms with Gasteiger partial charge in [-0.2, -0.15) is 0 Å². The van der Waals surface area contributed by atoms with Crippen LogP contribution >= 0.6 is 11.6 Å². The molecule has 0 spiro atoms. The van der Waals surface area contributed by atoms with Crippen LogP contribution in [-0.2, 0) is 4.74 Å². The van der Waals surface area contributed by atoms with Crippen LogP contribution in [0.15, 0.2) is 21.5 Å². The molecule has 0 bridgehead atoms. The summed E-state index contributed by atoms with van der Waals surface area (Å²) >= 11 is 5.72. The maximum absolute atomic E-state index is 12.8. The van der Waals surface area contributed by atoms with Crippen LogP contribution in [0.1, 0.15) is 94.8 Å². The molecule has 1 aliphatic heterocycles. The Balaban J connectivity index is 1.28. The number of amides is 1. The van der Waals surface area contributed by atoms with Crippen LogP contribution in [0.25, 0.3) is 0 Å². The topological polar surface area (TPSA) is 92.0 Å². The highest BCUT2D eigenvalue weighted by Gasteiger charge is 2.67. The van der Waals surface area contributed by atoms with Crippen molar-refractivity contribution in [3.8, 4) is 0 Å². The Hall–Kier alpha value is -1.41. The van der Waals surface area contributed by atoms with E-state index in [0.717, 1.165) is 43.6 Å². The van der Waals surface area contributed by atoms with Crippen molar-refractivity contribution in [2.45, 2.75) is 95.3 Å². The van der Waals surface area contributed by atoms with Gasteiger partial charge in [0.25, 0.3) is 0 Å². The van der Waals surface area contributed by atoms with Crippen LogP contribution in [0.5, 0.6) is 0 Å². The summed E-state index contributed by atoms with van der Waals surface area (Å²) in [7, 11) is 2.09. The molecule has 0 aromatic carbocycles. The van der Waals surface area contributed by atoms with Crippen molar-refractivity contribution in [1.29, 1.82) is 0 Å². The number of halogens is 1. The van der Waals surface area contributed by atoms with Gasteiger partial charge >= 0.3 is 11.0 Å². The lowest BCUT2D eigenvalue weighted by atomic mass is 9.43. The molecule has 1 aromatic heterocycles. The van der Waals surface area contributed by atoms with Crippen LogP contribution in [0.3, 0.4) is 0 Å². The summed E-state index contributed by atoms with van der Waals surface area (Å²) in [5, 5.41) is 15.6. The second kappa shape index (κ2) is 9.60. The summed E-state index contributed by atoms with van der Waals surface area (Å²) in [6, 6.07) is 2.55. The van der Waals surface area contributed by atoms with Gasteiger partial charge < -0.3 is 24.5 Å². The second-order valence-corrected chi connectivity index (χ2v) is 13.7. The Kier molecular flexibility index (Phi) is 6.77. The largest absolute Gasteiger partial charge is 0.431 e. The molecule has 5 aliphatic rings. The van der Waals surface area contributed by atoms with E-state index < -0.39 is 22.7 Å². The standard InChI is InChI=1S/C30H43ClN2O5/c1-28-9-6-20(32-3)15-19(28)4-5-24-23(28)7-10-29(2)22(8-11-30(24,29)36)18-14-21(26(34)38-17-18)25-16-33(27(31)35)12-13-37-25/h14,17,19-20,22-25,32,36H,4-13,15-16H2,1-3H3/t19-,20?,22-,23+,24-,25?,28+,29-,30+/m1/s1. The van der Waals surface area contributed by atoms with Crippen molar-refractivity contribution in [2.24, 2.45) is 28.6 Å². The van der Waals surface area contributed by atoms with Gasteiger partial charge in [-0.25, -0.2) is 4.79 Å². The van der Waals surface area contributed by atoms with Crippen molar-refractivity contribution < 1.29 is 19.1 Å². The molecule has 1 amide bonds. The minimum Gasteiger partial charge on any atom is -0.431 e. The predicted molar refractivity (Wildman–Crippen MR) is 145 cm³/mol. The lowest BCUT2D eigenvalue weighted by molar-refractivity contribution is -0.202. The summed E-state index contributed by atoms with van der Waals surface area (Å²) in [5.74, 6) is 1.73. The Morgan fingerprint density at radius 3 is 2.71 bits per heavy atom. The highest BCUT2D eigenvalue weighted by atomic mass is 35.5. The Bertz CT molecular complexity index is 1140. The molecule has 1 aromatic rings. The smallest absolute Gasteiger partial charge is 0.341 e. The maximum atomic E-state index is 12.8. The minimum absolute atomic E-state index is 0.108. The Labute approximate surface area is 230 Å². The molecule has 6 rings (SSSR count). The first-order valence-electron chi connectivity index (χ1n) is 14.7. The number of morpholine rings is 1. The number of carbonyl (C=O) groups excluding carboxylic acids is 1. The number of fused-ring (bicyclic) bond motifs is 5. The van der Waals surface area contributed by atoms with E-state index in [9.17, 15) is 14.7 Å². The van der Waals surface area contributed by atoms with Crippen LogP contribution in [0.2, 0.25) is 0 Å². The third-order valence-electron chi connectivity index (χ3n) is 12.2. The SMILES string of the molecule is CNC1CC[C@@]2(C)[C@H](CC[C@@H]3[C@@H]2CC[C@]2(C)[C@@H](c4coc(=O)c(C5CN(C(=O)Cl)CCO5)c4)CC[C@]32O)C1. The highest BCUT2D eigenvalue weighted by molar-refractivity contribution is 6.62. The molecule has 9 atom stereocenters. The van der Waals surface area contributed by atoms with Gasteiger partial charge in [-0.15, -0.1) is 0 Å². The normalized spacial score (nSPS) is 44.7. The molecule has 210 valence electrons. The first-order valence-corrected chi connectivity index (χ1v) is 15.1. The molecule has 4 aliphatic carbocycles. The average Bonchev–Trinajstić information content (AvgIpc) is 3.19. The van der Waals surface area contributed by atoms with Gasteiger partial charge in [0, 0.05) is 18.0 Å². The number of ether oxygens (including phenoxy) is 1. The van der Waals surface area contributed by atoms with Gasteiger partial charge in [0.05, 0.1) is 30.6 Å². The van der Waals surface area contributed by atoms with E-state index in [2.05, 4.69) is 26.2 Å². The number of rotatable bonds is 3. The Morgan fingerprint density at radius 2 is 1.95 bits per heavy atom. The third kappa shape index (κ3) is 3.93. The van der Waals surface area contributed by atoms with Crippen molar-refractivity contribution in [3.05, 3.63) is 33.9 Å². The molecule has 8 heteroatoms. The predicted octanol–water partition coefficient (Wildman–Crippen LogP) is 5.20. The number of aliphatic hydroxyl groups is 1. The first kappa shape index (κ1) is 26.8. The molecule has 38 heavy (non-hydrogen) atoms. The Morgan fingerprint density at radius 1 is 1.13 bits per heavy atom. The van der Waals surface area contributed by atoms with E-state index in [-0.39, 0.29) is 17.9 Å². The van der Waals surface area contributed by atoms with Crippen molar-refractivity contribution in [1.82, 2.24) is 10.2 Å². The molecule has 2 heterocycles. The average molecular weight is 547 g/mol. The van der Waals surface area contributed by atoms with E-state index >= 15 is 0 Å². The van der Waals surface area contributed by atoms with E-state index in [1.54, 1.807) is 6.26 Å². The fourth-order valence-electron chi connectivity index (χ4n) is 9.89. The highest BCUT2D eigenvalue weighted by Crippen LogP contribution is 2.70. The summed E-state index contributed by atoms with van der Waals surface area (Å²) in [6.45, 7) is 5.78. The fourth-order valence-corrected chi connectivity index (χ4v) is 10.0. The number of carbonyl (C=O) groups is 1. The van der Waals surface area contributed by atoms with E-state index in [0.29, 0.717) is 42.0 Å². The number of hydrogen-bond acceptors (Lipinski definition) is 6. The van der Waals surface area contributed by atoms with Gasteiger partial charge in [-0.05, 0) is 117 Å². The monoisotopic (exact) mass is 546 g/mol. The van der Waals surface area contributed by atoms with Crippen LogP contribution in [-0.4, -0.2) is 53.8 Å². The summed E-state index contributed by atoms with van der Waals surface area (Å²) in [6.07, 6.45) is 10.9. The zero-order valence-electron chi connectivity index (χ0n) is 23.0. The molecule has 4 saturated carbocycles. The minimum atomic E-state index is -0.714. The van der Waals surface area contributed by atoms with Crippen molar-refractivity contribution in [2.75, 3.05) is 26.7 Å². The van der Waals surface area contributed by atoms with Gasteiger partial charge in [0.1, 0.15) is 6.10 Å². The molecular weight excluding hydrogens is 504 g/mol. The molecule has 2 N–H and O–H groups in total. The van der Waals surface area contributed by atoms with E-state index in [1.807, 2.05) is 6.07 Å². The van der Waals surface area contributed by atoms with Gasteiger partial charge in [-0.3, -0.25) is 4.79 Å². The van der Waals surface area contributed by atoms with E-state index in [4.69, 9.17) is 20.8 Å². The van der Waals surface area contributed by atoms with Crippen LogP contribution in [0, 0.1) is 28.6 Å². The van der Waals surface area contributed by atoms with Crippen LogP contribution < -0.4 is 10.9 Å². The first-order chi connectivity index (χ1) is 18.1. The lowest BCUT2D eigenvalue weighted by Gasteiger charge is -2.63. The number of hydrogen-bond donors (Lipinski definition) is 2. The molecule has 5 fully saturated rings. The van der Waals surface area contributed by atoms with Gasteiger partial charge in [0.2, 0.25) is 0 Å². The summed E-state index contributed by atoms with van der Waals surface area (Å²) in [4.78, 5) is 26.0. The number of nitrogens with zero attached hydrogens (tertiary/aromatic N) is 1. The summed E-state index contributed by atoms with van der Waals surface area (Å²) in [5.41, 5.74) is 0.280. The van der Waals surface area contributed by atoms with E-state index in [1.165, 1.54) is 30.6 Å². The molecule has 0 radical (unpaired) electrons. The molecule has 1 saturated heterocycles. The third-order valence-corrected chi connectivity index (χ3v) is 12.4. The molecule has 2 unspecified atom stereocenters. The second-order valence-electron chi connectivity index (χ2n) is 13.4. The maximum Gasteiger partial charge on any atom is 0.341 e. The fraction of sp³-hybridized carbons (Fsp3) is 0.800.